The zero-order valence-electron chi connectivity index (χ0n) is 14.1. The Morgan fingerprint density at radius 3 is 2.35 bits per heavy atom. The summed E-state index contributed by atoms with van der Waals surface area (Å²) in [6.45, 7) is 1.46. The minimum Gasteiger partial charge on any atom is -0.452 e. The first-order valence-corrected chi connectivity index (χ1v) is 9.77. The van der Waals surface area contributed by atoms with Crippen LogP contribution in [-0.4, -0.2) is 33.9 Å². The lowest BCUT2D eigenvalue weighted by molar-refractivity contribution is -0.119. The first-order chi connectivity index (χ1) is 12.2. The zero-order valence-corrected chi connectivity index (χ0v) is 16.5. The lowest BCUT2D eigenvalue weighted by Crippen LogP contribution is -2.21. The summed E-state index contributed by atoms with van der Waals surface area (Å²) in [5.41, 5.74) is 1.74. The Morgan fingerprint density at radius 1 is 1.12 bits per heavy atom. The van der Waals surface area contributed by atoms with Crippen LogP contribution in [0.25, 0.3) is 0 Å². The standard InChI is InChI=1S/C17H17BrN2O5S/c1-11-3-8-15(14(18)9-11)20-16(21)10-25-17(22)12-4-6-13(7-5-12)26(23,24)19-2/h3-9,19H,10H2,1-2H3,(H,20,21). The first-order valence-electron chi connectivity index (χ1n) is 7.49. The number of sulfonamides is 1. The van der Waals surface area contributed by atoms with E-state index in [1.807, 2.05) is 19.1 Å². The molecule has 0 heterocycles. The van der Waals surface area contributed by atoms with Gasteiger partial charge in [-0.05, 0) is 71.9 Å². The molecule has 0 unspecified atom stereocenters. The molecule has 0 radical (unpaired) electrons. The highest BCUT2D eigenvalue weighted by Crippen LogP contribution is 2.23. The number of halogens is 1. The van der Waals surface area contributed by atoms with Gasteiger partial charge >= 0.3 is 5.97 Å². The normalized spacial score (nSPS) is 11.0. The summed E-state index contributed by atoms with van der Waals surface area (Å²) in [6, 6.07) is 10.6. The highest BCUT2D eigenvalue weighted by molar-refractivity contribution is 9.10. The number of aryl methyl sites for hydroxylation is 1. The van der Waals surface area contributed by atoms with Gasteiger partial charge in [0, 0.05) is 4.47 Å². The summed E-state index contributed by atoms with van der Waals surface area (Å²) in [6.07, 6.45) is 0. The molecule has 0 aliphatic carbocycles. The third kappa shape index (κ3) is 5.13. The van der Waals surface area contributed by atoms with Gasteiger partial charge in [-0.3, -0.25) is 4.79 Å². The summed E-state index contributed by atoms with van der Waals surface area (Å²) in [5, 5.41) is 2.63. The van der Waals surface area contributed by atoms with Crippen molar-refractivity contribution in [2.75, 3.05) is 19.0 Å². The van der Waals surface area contributed by atoms with E-state index in [1.165, 1.54) is 31.3 Å². The molecule has 0 saturated carbocycles. The average molecular weight is 441 g/mol. The van der Waals surface area contributed by atoms with Crippen molar-refractivity contribution in [2.45, 2.75) is 11.8 Å². The van der Waals surface area contributed by atoms with E-state index in [0.717, 1.165) is 10.0 Å². The van der Waals surface area contributed by atoms with E-state index in [2.05, 4.69) is 26.0 Å². The molecule has 9 heteroatoms. The molecule has 0 aliphatic rings. The maximum atomic E-state index is 12.0. The molecule has 2 aromatic rings. The molecular weight excluding hydrogens is 424 g/mol. The molecule has 0 atom stereocenters. The number of amides is 1. The van der Waals surface area contributed by atoms with Gasteiger partial charge in [0.2, 0.25) is 10.0 Å². The second-order valence-electron chi connectivity index (χ2n) is 5.34. The zero-order chi connectivity index (χ0) is 19.3. The van der Waals surface area contributed by atoms with Gasteiger partial charge in [0.15, 0.2) is 6.61 Å². The Hall–Kier alpha value is -2.23. The predicted molar refractivity (Wildman–Crippen MR) is 100 cm³/mol. The van der Waals surface area contributed by atoms with Crippen LogP contribution in [0.15, 0.2) is 51.8 Å². The molecule has 0 bridgehead atoms. The second kappa shape index (κ2) is 8.43. The fraction of sp³-hybridized carbons (Fsp3) is 0.176. The molecule has 0 saturated heterocycles. The third-order valence-corrected chi connectivity index (χ3v) is 5.49. The van der Waals surface area contributed by atoms with Gasteiger partial charge in [-0.15, -0.1) is 0 Å². The summed E-state index contributed by atoms with van der Waals surface area (Å²) in [4.78, 5) is 23.9. The van der Waals surface area contributed by atoms with E-state index in [4.69, 9.17) is 4.74 Å². The number of carbonyl (C=O) groups is 2. The topological polar surface area (TPSA) is 102 Å². The van der Waals surface area contributed by atoms with Gasteiger partial charge in [-0.25, -0.2) is 17.9 Å². The van der Waals surface area contributed by atoms with Crippen molar-refractivity contribution in [3.8, 4) is 0 Å². The number of benzene rings is 2. The number of esters is 1. The Balaban J connectivity index is 1.94. The molecule has 26 heavy (non-hydrogen) atoms. The SMILES string of the molecule is CNS(=O)(=O)c1ccc(C(=O)OCC(=O)Nc2ccc(C)cc2Br)cc1. The summed E-state index contributed by atoms with van der Waals surface area (Å²) >= 11 is 3.34. The maximum Gasteiger partial charge on any atom is 0.338 e. The van der Waals surface area contributed by atoms with Gasteiger partial charge < -0.3 is 10.1 Å². The van der Waals surface area contributed by atoms with E-state index in [-0.39, 0.29) is 10.5 Å². The van der Waals surface area contributed by atoms with E-state index < -0.39 is 28.5 Å². The predicted octanol–water partition coefficient (Wildman–Crippen LogP) is 2.46. The number of ether oxygens (including phenoxy) is 1. The lowest BCUT2D eigenvalue weighted by atomic mass is 10.2. The number of hydrogen-bond donors (Lipinski definition) is 2. The van der Waals surface area contributed by atoms with Crippen LogP contribution in [-0.2, 0) is 19.6 Å². The number of nitrogens with one attached hydrogen (secondary N) is 2. The molecule has 0 spiro atoms. The van der Waals surface area contributed by atoms with E-state index in [0.29, 0.717) is 5.69 Å². The van der Waals surface area contributed by atoms with Gasteiger partial charge in [-0.2, -0.15) is 0 Å². The summed E-state index contributed by atoms with van der Waals surface area (Å²) in [5.74, 6) is -1.21. The van der Waals surface area contributed by atoms with Crippen molar-refractivity contribution < 1.29 is 22.7 Å². The molecule has 2 rings (SSSR count). The third-order valence-electron chi connectivity index (χ3n) is 3.40. The Morgan fingerprint density at radius 2 is 1.77 bits per heavy atom. The highest BCUT2D eigenvalue weighted by atomic mass is 79.9. The second-order valence-corrected chi connectivity index (χ2v) is 8.08. The molecule has 0 fully saturated rings. The molecule has 2 aromatic carbocycles. The molecule has 0 aromatic heterocycles. The molecule has 0 aliphatic heterocycles. The van der Waals surface area contributed by atoms with Crippen molar-refractivity contribution in [1.82, 2.24) is 4.72 Å². The van der Waals surface area contributed by atoms with Crippen molar-refractivity contribution in [2.24, 2.45) is 0 Å². The van der Waals surface area contributed by atoms with Crippen LogP contribution in [0.5, 0.6) is 0 Å². The first kappa shape index (κ1) is 20.1. The van der Waals surface area contributed by atoms with Crippen LogP contribution in [0.4, 0.5) is 5.69 Å². The van der Waals surface area contributed by atoms with E-state index >= 15 is 0 Å². The van der Waals surface area contributed by atoms with Crippen LogP contribution in [0, 0.1) is 6.92 Å². The molecular formula is C17H17BrN2O5S. The van der Waals surface area contributed by atoms with Crippen molar-refractivity contribution in [1.29, 1.82) is 0 Å². The van der Waals surface area contributed by atoms with Crippen LogP contribution in [0.2, 0.25) is 0 Å². The van der Waals surface area contributed by atoms with Crippen molar-refractivity contribution in [3.63, 3.8) is 0 Å². The van der Waals surface area contributed by atoms with Gasteiger partial charge in [0.05, 0.1) is 16.1 Å². The van der Waals surface area contributed by atoms with Crippen LogP contribution < -0.4 is 10.0 Å². The van der Waals surface area contributed by atoms with Crippen LogP contribution >= 0.6 is 15.9 Å². The van der Waals surface area contributed by atoms with Crippen molar-refractivity contribution in [3.05, 3.63) is 58.1 Å². The molecule has 1 amide bonds. The molecule has 7 nitrogen and oxygen atoms in total. The number of hydrogen-bond acceptors (Lipinski definition) is 5. The Bertz CT molecular complexity index is 927. The Labute approximate surface area is 159 Å². The van der Waals surface area contributed by atoms with Crippen molar-refractivity contribution >= 4 is 43.5 Å². The minimum absolute atomic E-state index is 0.0264. The van der Waals surface area contributed by atoms with Gasteiger partial charge in [-0.1, -0.05) is 6.07 Å². The number of anilines is 1. The summed E-state index contributed by atoms with van der Waals surface area (Å²) < 4.78 is 31.1. The number of carbonyl (C=O) groups excluding carboxylic acids is 2. The monoisotopic (exact) mass is 440 g/mol. The number of rotatable bonds is 6. The quantitative estimate of drug-likeness (QED) is 0.671. The Kier molecular flexibility index (Phi) is 6.52. The van der Waals surface area contributed by atoms with Crippen LogP contribution in [0.3, 0.4) is 0 Å². The maximum absolute atomic E-state index is 12.0. The average Bonchev–Trinajstić information content (AvgIpc) is 2.62. The highest BCUT2D eigenvalue weighted by Gasteiger charge is 2.14. The van der Waals surface area contributed by atoms with Crippen LogP contribution in [0.1, 0.15) is 15.9 Å². The fourth-order valence-corrected chi connectivity index (χ4v) is 3.33. The molecule has 138 valence electrons. The summed E-state index contributed by atoms with van der Waals surface area (Å²) in [7, 11) is -2.28. The molecule has 2 N–H and O–H groups in total. The smallest absolute Gasteiger partial charge is 0.338 e. The van der Waals surface area contributed by atoms with Gasteiger partial charge in [0.1, 0.15) is 0 Å². The lowest BCUT2D eigenvalue weighted by Gasteiger charge is -2.09. The van der Waals surface area contributed by atoms with Gasteiger partial charge in [0.25, 0.3) is 5.91 Å². The van der Waals surface area contributed by atoms with E-state index in [1.54, 1.807) is 6.07 Å². The fourth-order valence-electron chi connectivity index (χ4n) is 2.01. The largest absolute Gasteiger partial charge is 0.452 e. The minimum atomic E-state index is -3.58. The van der Waals surface area contributed by atoms with E-state index in [9.17, 15) is 18.0 Å².